The van der Waals surface area contributed by atoms with Crippen molar-refractivity contribution in [3.05, 3.63) is 52.9 Å². The van der Waals surface area contributed by atoms with E-state index in [1.54, 1.807) is 20.3 Å². The second-order valence-corrected chi connectivity index (χ2v) is 7.03. The molecule has 0 unspecified atom stereocenters. The van der Waals surface area contributed by atoms with Gasteiger partial charge in [-0.15, -0.1) is 0 Å². The van der Waals surface area contributed by atoms with Crippen LogP contribution >= 0.6 is 11.6 Å². The van der Waals surface area contributed by atoms with Crippen molar-refractivity contribution in [2.75, 3.05) is 31.8 Å². The Morgan fingerprint density at radius 2 is 2.06 bits per heavy atom. The molecule has 1 aromatic carbocycles. The number of rotatable bonds is 8. The molecule has 164 valence electrons. The van der Waals surface area contributed by atoms with Gasteiger partial charge >= 0.3 is 0 Å². The first kappa shape index (κ1) is 22.2. The molecule has 0 aliphatic rings. The summed E-state index contributed by atoms with van der Waals surface area (Å²) in [7, 11) is 4.61. The van der Waals surface area contributed by atoms with Gasteiger partial charge in [0.1, 0.15) is 17.4 Å². The van der Waals surface area contributed by atoms with Crippen molar-refractivity contribution in [2.24, 2.45) is 0 Å². The third-order valence-electron chi connectivity index (χ3n) is 4.23. The molecule has 2 N–H and O–H groups in total. The average molecular weight is 452 g/mol. The number of likely N-dealkylation sites (N-methyl/N-ethyl adjacent to an activating group) is 1. The van der Waals surface area contributed by atoms with Crippen LogP contribution in [0.1, 0.15) is 5.56 Å². The molecule has 9 nitrogen and oxygen atoms in total. The molecule has 0 atom stereocenters. The lowest BCUT2D eigenvalue weighted by molar-refractivity contribution is -0.129. The monoisotopic (exact) mass is 451 g/mol. The minimum Gasteiger partial charge on any atom is -0.494 e. The van der Waals surface area contributed by atoms with E-state index in [4.69, 9.17) is 16.3 Å². The number of nitrogens with zero attached hydrogens (tertiary/aromatic N) is 5. The summed E-state index contributed by atoms with van der Waals surface area (Å²) >= 11 is 6.11. The molecule has 2 aromatic heterocycles. The molecule has 3 rings (SSSR count). The van der Waals surface area contributed by atoms with E-state index in [0.29, 0.717) is 5.69 Å². The SMILES string of the molecule is COc1ccc(F)c(CNc2nc(Nc3cnn(CC(=O)N(C)C)c3)ncc2Cl)c1F. The van der Waals surface area contributed by atoms with Crippen molar-refractivity contribution < 1.29 is 18.3 Å². The minimum atomic E-state index is -0.807. The highest BCUT2D eigenvalue weighted by atomic mass is 35.5. The summed E-state index contributed by atoms with van der Waals surface area (Å²) in [5.41, 5.74) is 0.333. The van der Waals surface area contributed by atoms with Crippen LogP contribution in [-0.4, -0.2) is 51.8 Å². The van der Waals surface area contributed by atoms with Gasteiger partial charge in [0.2, 0.25) is 11.9 Å². The van der Waals surface area contributed by atoms with Gasteiger partial charge in [0.15, 0.2) is 17.4 Å². The number of halogens is 3. The highest BCUT2D eigenvalue weighted by molar-refractivity contribution is 6.32. The van der Waals surface area contributed by atoms with Gasteiger partial charge in [0.25, 0.3) is 0 Å². The van der Waals surface area contributed by atoms with Crippen molar-refractivity contribution in [3.8, 4) is 5.75 Å². The molecule has 1 amide bonds. The molecule has 3 aromatic rings. The van der Waals surface area contributed by atoms with Gasteiger partial charge < -0.3 is 20.3 Å². The Morgan fingerprint density at radius 1 is 1.29 bits per heavy atom. The Labute approximate surface area is 182 Å². The van der Waals surface area contributed by atoms with Crippen LogP contribution in [0.3, 0.4) is 0 Å². The molecule has 0 bridgehead atoms. The second kappa shape index (κ2) is 9.56. The molecule has 0 aliphatic carbocycles. The van der Waals surface area contributed by atoms with Gasteiger partial charge in [-0.3, -0.25) is 9.48 Å². The first-order valence-electron chi connectivity index (χ1n) is 9.05. The fourth-order valence-corrected chi connectivity index (χ4v) is 2.70. The lowest BCUT2D eigenvalue weighted by Crippen LogP contribution is -2.26. The van der Waals surface area contributed by atoms with Crippen molar-refractivity contribution in [1.29, 1.82) is 0 Å². The van der Waals surface area contributed by atoms with Gasteiger partial charge in [-0.05, 0) is 12.1 Å². The smallest absolute Gasteiger partial charge is 0.243 e. The number of hydrogen-bond donors (Lipinski definition) is 2. The first-order chi connectivity index (χ1) is 14.8. The van der Waals surface area contributed by atoms with Gasteiger partial charge in [0, 0.05) is 32.4 Å². The van der Waals surface area contributed by atoms with E-state index < -0.39 is 11.6 Å². The summed E-state index contributed by atoms with van der Waals surface area (Å²) in [6, 6.07) is 2.33. The van der Waals surface area contributed by atoms with Crippen molar-refractivity contribution >= 4 is 35.0 Å². The molecule has 2 heterocycles. The summed E-state index contributed by atoms with van der Waals surface area (Å²) in [6.45, 7) is -0.129. The van der Waals surface area contributed by atoms with Crippen LogP contribution in [0, 0.1) is 11.6 Å². The maximum Gasteiger partial charge on any atom is 0.243 e. The molecule has 0 saturated carbocycles. The Kier molecular flexibility index (Phi) is 6.85. The number of carbonyl (C=O) groups excluding carboxylic acids is 1. The van der Waals surface area contributed by atoms with Crippen LogP contribution in [0.2, 0.25) is 5.02 Å². The predicted molar refractivity (Wildman–Crippen MR) is 111 cm³/mol. The molecular weight excluding hydrogens is 432 g/mol. The number of benzene rings is 1. The van der Waals surface area contributed by atoms with E-state index in [1.165, 1.54) is 35.2 Å². The zero-order valence-corrected chi connectivity index (χ0v) is 17.7. The number of carbonyl (C=O) groups is 1. The quantitative estimate of drug-likeness (QED) is 0.543. The van der Waals surface area contributed by atoms with Gasteiger partial charge in [0.05, 0.1) is 25.2 Å². The Balaban J connectivity index is 1.72. The molecule has 0 radical (unpaired) electrons. The second-order valence-electron chi connectivity index (χ2n) is 6.63. The van der Waals surface area contributed by atoms with E-state index in [-0.39, 0.29) is 47.1 Å². The molecule has 0 spiro atoms. The van der Waals surface area contributed by atoms with Crippen LogP contribution in [0.15, 0.2) is 30.7 Å². The van der Waals surface area contributed by atoms with Crippen LogP contribution < -0.4 is 15.4 Å². The van der Waals surface area contributed by atoms with Crippen LogP contribution in [0.5, 0.6) is 5.75 Å². The average Bonchev–Trinajstić information content (AvgIpc) is 3.16. The highest BCUT2D eigenvalue weighted by Crippen LogP contribution is 2.26. The number of anilines is 3. The van der Waals surface area contributed by atoms with Gasteiger partial charge in [-0.25, -0.2) is 13.8 Å². The highest BCUT2D eigenvalue weighted by Gasteiger charge is 2.15. The number of hydrogen-bond acceptors (Lipinski definition) is 7. The molecule has 0 fully saturated rings. The fraction of sp³-hybridized carbons (Fsp3) is 0.263. The molecule has 0 aliphatic heterocycles. The summed E-state index contributed by atoms with van der Waals surface area (Å²) in [5.74, 6) is -1.36. The number of ether oxygens (including phenoxy) is 1. The zero-order valence-electron chi connectivity index (χ0n) is 17.0. The normalized spacial score (nSPS) is 10.6. The standard InChI is InChI=1S/C19H20ClF2N7O2/c1-28(2)16(30)10-29-9-11(6-25-29)26-19-24-8-13(20)18(27-19)23-7-12-14(21)4-5-15(31-3)17(12)22/h4-6,8-9H,7,10H2,1-3H3,(H2,23,24,26,27). The molecule has 0 saturated heterocycles. The lowest BCUT2D eigenvalue weighted by atomic mass is 10.2. The van der Waals surface area contributed by atoms with E-state index in [1.807, 2.05) is 0 Å². The third kappa shape index (κ3) is 5.37. The van der Waals surface area contributed by atoms with Gasteiger partial charge in [-0.1, -0.05) is 11.6 Å². The lowest BCUT2D eigenvalue weighted by Gasteiger charge is -2.12. The fourth-order valence-electron chi connectivity index (χ4n) is 2.54. The van der Waals surface area contributed by atoms with Crippen LogP contribution in [0.4, 0.5) is 26.2 Å². The third-order valence-corrected chi connectivity index (χ3v) is 4.51. The van der Waals surface area contributed by atoms with E-state index in [2.05, 4.69) is 25.7 Å². The van der Waals surface area contributed by atoms with E-state index >= 15 is 0 Å². The van der Waals surface area contributed by atoms with Crippen molar-refractivity contribution in [3.63, 3.8) is 0 Å². The molecule has 31 heavy (non-hydrogen) atoms. The van der Waals surface area contributed by atoms with Crippen LogP contribution in [-0.2, 0) is 17.9 Å². The number of methoxy groups -OCH3 is 1. The maximum atomic E-state index is 14.3. The van der Waals surface area contributed by atoms with E-state index in [0.717, 1.165) is 6.07 Å². The first-order valence-corrected chi connectivity index (χ1v) is 9.43. The number of aromatic nitrogens is 4. The van der Waals surface area contributed by atoms with E-state index in [9.17, 15) is 13.6 Å². The summed E-state index contributed by atoms with van der Waals surface area (Å²) < 4.78 is 34.7. The number of nitrogens with one attached hydrogen (secondary N) is 2. The largest absolute Gasteiger partial charge is 0.494 e. The Morgan fingerprint density at radius 3 is 2.77 bits per heavy atom. The van der Waals surface area contributed by atoms with Crippen LogP contribution in [0.25, 0.3) is 0 Å². The summed E-state index contributed by atoms with van der Waals surface area (Å²) in [4.78, 5) is 21.5. The van der Waals surface area contributed by atoms with Gasteiger partial charge in [-0.2, -0.15) is 10.1 Å². The zero-order chi connectivity index (χ0) is 22.5. The van der Waals surface area contributed by atoms with Crippen molar-refractivity contribution in [1.82, 2.24) is 24.6 Å². The Bertz CT molecular complexity index is 1090. The number of amides is 1. The topological polar surface area (TPSA) is 97.2 Å². The van der Waals surface area contributed by atoms with Crippen molar-refractivity contribution in [2.45, 2.75) is 13.1 Å². The maximum absolute atomic E-state index is 14.3. The predicted octanol–water partition coefficient (Wildman–Crippen LogP) is 3.06. The molecule has 12 heteroatoms. The Hall–Kier alpha value is -3.47. The summed E-state index contributed by atoms with van der Waals surface area (Å²) in [6.07, 6.45) is 4.47. The molecular formula is C19H20ClF2N7O2. The minimum absolute atomic E-state index is 0.0703. The summed E-state index contributed by atoms with van der Waals surface area (Å²) in [5, 5.41) is 10.0.